The van der Waals surface area contributed by atoms with Gasteiger partial charge in [-0.2, -0.15) is 0 Å². The van der Waals surface area contributed by atoms with Crippen molar-refractivity contribution in [3.63, 3.8) is 0 Å². The van der Waals surface area contributed by atoms with Gasteiger partial charge in [-0.15, -0.1) is 0 Å². The molecule has 0 bridgehead atoms. The summed E-state index contributed by atoms with van der Waals surface area (Å²) in [7, 11) is 0. The number of thiocarbonyl (C=S) groups is 1. The Kier molecular flexibility index (Phi) is 8.40. The minimum Gasteiger partial charge on any atom is -0.457 e. The molecule has 1 aliphatic heterocycles. The molecule has 0 radical (unpaired) electrons. The summed E-state index contributed by atoms with van der Waals surface area (Å²) in [6.07, 6.45) is 3.49. The van der Waals surface area contributed by atoms with Crippen molar-refractivity contribution in [1.82, 2.24) is 10.2 Å². The summed E-state index contributed by atoms with van der Waals surface area (Å²) < 4.78 is 5.76. The van der Waals surface area contributed by atoms with Gasteiger partial charge < -0.3 is 19.5 Å². The minimum atomic E-state index is -0.368. The number of halogens is 1. The average molecular weight is 523 g/mol. The van der Waals surface area contributed by atoms with Gasteiger partial charge in [0.05, 0.1) is 0 Å². The maximum atomic E-state index is 12.3. The number of amides is 2. The van der Waals surface area contributed by atoms with Crippen LogP contribution in [0.4, 0.5) is 11.4 Å². The molecule has 0 unspecified atom stereocenters. The second-order valence-corrected chi connectivity index (χ2v) is 9.10. The molecular weight excluding hydrogens is 496 g/mol. The predicted octanol–water partition coefficient (Wildman–Crippen LogP) is 5.19. The fourth-order valence-electron chi connectivity index (χ4n) is 3.88. The Balaban J connectivity index is 1.25. The summed E-state index contributed by atoms with van der Waals surface area (Å²) in [6.45, 7) is 4.96. The number of carbonyl (C=O) groups is 2. The maximum Gasteiger partial charge on any atom is 0.250 e. The van der Waals surface area contributed by atoms with Crippen LogP contribution in [0.2, 0.25) is 5.02 Å². The van der Waals surface area contributed by atoms with Crippen LogP contribution in [-0.2, 0) is 9.59 Å². The number of nitrogens with one attached hydrogen (secondary N) is 2. The minimum absolute atomic E-state index is 0.199. The Morgan fingerprint density at radius 2 is 1.69 bits per heavy atom. The molecule has 0 aliphatic carbocycles. The molecule has 0 spiro atoms. The van der Waals surface area contributed by atoms with Crippen LogP contribution in [0.25, 0.3) is 17.4 Å². The van der Waals surface area contributed by atoms with Crippen LogP contribution in [0.1, 0.15) is 19.1 Å². The number of furan rings is 1. The van der Waals surface area contributed by atoms with Crippen molar-refractivity contribution < 1.29 is 14.0 Å². The Labute approximate surface area is 220 Å². The summed E-state index contributed by atoms with van der Waals surface area (Å²) in [6, 6.07) is 18.8. The number of piperazine rings is 1. The van der Waals surface area contributed by atoms with Crippen molar-refractivity contribution in [3.05, 3.63) is 77.5 Å². The number of hydrogen-bond acceptors (Lipinski definition) is 5. The molecule has 1 aliphatic rings. The van der Waals surface area contributed by atoms with Crippen molar-refractivity contribution >= 4 is 58.2 Å². The highest BCUT2D eigenvalue weighted by atomic mass is 35.5. The van der Waals surface area contributed by atoms with E-state index in [1.807, 2.05) is 54.3 Å². The van der Waals surface area contributed by atoms with E-state index in [1.54, 1.807) is 24.3 Å². The first kappa shape index (κ1) is 25.5. The van der Waals surface area contributed by atoms with E-state index in [2.05, 4.69) is 15.5 Å². The summed E-state index contributed by atoms with van der Waals surface area (Å²) in [5.41, 5.74) is 2.75. The molecule has 3 aromatic rings. The van der Waals surface area contributed by atoms with Crippen molar-refractivity contribution in [1.29, 1.82) is 0 Å². The number of hydrogen-bond donors (Lipinski definition) is 2. The van der Waals surface area contributed by atoms with E-state index < -0.39 is 0 Å². The van der Waals surface area contributed by atoms with E-state index in [-0.39, 0.29) is 16.9 Å². The molecule has 186 valence electrons. The van der Waals surface area contributed by atoms with Gasteiger partial charge in [0.15, 0.2) is 5.11 Å². The fourth-order valence-corrected chi connectivity index (χ4v) is 4.22. The van der Waals surface area contributed by atoms with Crippen molar-refractivity contribution in [2.45, 2.75) is 13.3 Å². The van der Waals surface area contributed by atoms with E-state index in [1.165, 1.54) is 6.08 Å². The zero-order valence-corrected chi connectivity index (χ0v) is 21.4. The van der Waals surface area contributed by atoms with Crippen LogP contribution >= 0.6 is 23.8 Å². The molecule has 2 heterocycles. The molecule has 9 heteroatoms. The molecule has 36 heavy (non-hydrogen) atoms. The highest BCUT2D eigenvalue weighted by Crippen LogP contribution is 2.24. The molecule has 4 rings (SSSR count). The lowest BCUT2D eigenvalue weighted by atomic mass is 10.2. The smallest absolute Gasteiger partial charge is 0.250 e. The van der Waals surface area contributed by atoms with Crippen molar-refractivity contribution in [2.75, 3.05) is 36.4 Å². The number of nitrogens with zero attached hydrogens (tertiary/aromatic N) is 2. The van der Waals surface area contributed by atoms with Gasteiger partial charge in [-0.05, 0) is 79.0 Å². The number of rotatable bonds is 6. The lowest BCUT2D eigenvalue weighted by Crippen LogP contribution is -2.48. The summed E-state index contributed by atoms with van der Waals surface area (Å²) in [5, 5.41) is 6.51. The van der Waals surface area contributed by atoms with Crippen molar-refractivity contribution in [2.24, 2.45) is 0 Å². The summed E-state index contributed by atoms with van der Waals surface area (Å²) >= 11 is 11.2. The molecule has 0 atom stereocenters. The topological polar surface area (TPSA) is 77.8 Å². The summed E-state index contributed by atoms with van der Waals surface area (Å²) in [4.78, 5) is 28.3. The van der Waals surface area contributed by atoms with E-state index in [9.17, 15) is 9.59 Å². The molecule has 0 saturated carbocycles. The monoisotopic (exact) mass is 522 g/mol. The van der Waals surface area contributed by atoms with Crippen LogP contribution in [0.15, 0.2) is 71.2 Å². The van der Waals surface area contributed by atoms with Gasteiger partial charge in [0.25, 0.3) is 0 Å². The number of anilines is 2. The quantitative estimate of drug-likeness (QED) is 0.343. The van der Waals surface area contributed by atoms with E-state index in [0.717, 1.165) is 43.1 Å². The lowest BCUT2D eigenvalue weighted by molar-refractivity contribution is -0.131. The molecule has 1 saturated heterocycles. The standard InChI is InChI=1S/C27H27ClN4O3S/c1-2-26(34)32-17-15-31(16-18-32)22-9-7-21(8-10-22)29-27(36)30-25(33)14-12-23-11-13-24(35-23)19-3-5-20(28)6-4-19/h3-14H,2,15-18H2,1H3,(H2,29,30,33,36). The van der Waals surface area contributed by atoms with Crippen LogP contribution in [0.3, 0.4) is 0 Å². The molecule has 2 amide bonds. The highest BCUT2D eigenvalue weighted by Gasteiger charge is 2.20. The van der Waals surface area contributed by atoms with Crippen LogP contribution < -0.4 is 15.5 Å². The Morgan fingerprint density at radius 3 is 2.36 bits per heavy atom. The third-order valence-corrected chi connectivity index (χ3v) is 6.27. The lowest BCUT2D eigenvalue weighted by Gasteiger charge is -2.36. The zero-order valence-electron chi connectivity index (χ0n) is 19.9. The maximum absolute atomic E-state index is 12.3. The molecular formula is C27H27ClN4O3S. The SMILES string of the molecule is CCC(=O)N1CCN(c2ccc(NC(=S)NC(=O)C=Cc3ccc(-c4ccc(Cl)cc4)o3)cc2)CC1. The Bertz CT molecular complexity index is 1250. The average Bonchev–Trinajstić information content (AvgIpc) is 3.37. The van der Waals surface area contributed by atoms with Gasteiger partial charge in [0.2, 0.25) is 11.8 Å². The van der Waals surface area contributed by atoms with Crippen molar-refractivity contribution in [3.8, 4) is 11.3 Å². The van der Waals surface area contributed by atoms with Crippen LogP contribution in [0.5, 0.6) is 0 Å². The van der Waals surface area contributed by atoms with E-state index >= 15 is 0 Å². The third kappa shape index (κ3) is 6.74. The second kappa shape index (κ2) is 11.9. The predicted molar refractivity (Wildman–Crippen MR) is 148 cm³/mol. The van der Waals surface area contributed by atoms with E-state index in [4.69, 9.17) is 28.2 Å². The Morgan fingerprint density at radius 1 is 1.00 bits per heavy atom. The van der Waals surface area contributed by atoms with Gasteiger partial charge in [0, 0.05) is 60.6 Å². The second-order valence-electron chi connectivity index (χ2n) is 8.25. The largest absolute Gasteiger partial charge is 0.457 e. The van der Waals surface area contributed by atoms with Gasteiger partial charge in [-0.25, -0.2) is 0 Å². The fraction of sp³-hybridized carbons (Fsp3) is 0.222. The zero-order chi connectivity index (χ0) is 25.5. The Hall–Kier alpha value is -3.62. The van der Waals surface area contributed by atoms with Gasteiger partial charge in [0.1, 0.15) is 11.5 Å². The number of benzene rings is 2. The first-order valence-electron chi connectivity index (χ1n) is 11.7. The summed E-state index contributed by atoms with van der Waals surface area (Å²) in [5.74, 6) is 1.06. The van der Waals surface area contributed by atoms with E-state index in [0.29, 0.717) is 23.0 Å². The molecule has 2 N–H and O–H groups in total. The molecule has 2 aromatic carbocycles. The molecule has 7 nitrogen and oxygen atoms in total. The van der Waals surface area contributed by atoms with Gasteiger partial charge in [-0.1, -0.05) is 18.5 Å². The number of carbonyl (C=O) groups excluding carboxylic acids is 2. The first-order valence-corrected chi connectivity index (χ1v) is 12.5. The molecule has 1 aromatic heterocycles. The molecule has 1 fully saturated rings. The van der Waals surface area contributed by atoms with Crippen LogP contribution in [0, 0.1) is 0 Å². The highest BCUT2D eigenvalue weighted by molar-refractivity contribution is 7.80. The van der Waals surface area contributed by atoms with Gasteiger partial charge in [-0.3, -0.25) is 14.9 Å². The third-order valence-electron chi connectivity index (χ3n) is 5.82. The van der Waals surface area contributed by atoms with Gasteiger partial charge >= 0.3 is 0 Å². The van der Waals surface area contributed by atoms with Crippen LogP contribution in [-0.4, -0.2) is 48.0 Å². The first-order chi connectivity index (χ1) is 17.4. The normalized spacial score (nSPS) is 13.6.